The van der Waals surface area contributed by atoms with E-state index in [9.17, 15) is 8.42 Å². The first-order valence-electron chi connectivity index (χ1n) is 5.06. The molecule has 0 N–H and O–H groups in total. The van der Waals surface area contributed by atoms with Crippen LogP contribution in [0.4, 0.5) is 0 Å². The van der Waals surface area contributed by atoms with Gasteiger partial charge in [0.15, 0.2) is 14.9 Å². The highest BCUT2D eigenvalue weighted by Gasteiger charge is 2.27. The third-order valence-electron chi connectivity index (χ3n) is 2.34. The summed E-state index contributed by atoms with van der Waals surface area (Å²) < 4.78 is 25.5. The number of sulfone groups is 1. The number of aryl methyl sites for hydroxylation is 2. The SMILES string of the molecule is Cc1nn(C)c(S(=O)(=O)CC(C)CCl)c1C#N. The van der Waals surface area contributed by atoms with Crippen molar-refractivity contribution in [2.24, 2.45) is 13.0 Å². The Hall–Kier alpha value is -1.06. The van der Waals surface area contributed by atoms with Gasteiger partial charge in [0.05, 0.1) is 11.4 Å². The van der Waals surface area contributed by atoms with Crippen LogP contribution in [-0.2, 0) is 16.9 Å². The highest BCUT2D eigenvalue weighted by atomic mass is 35.5. The van der Waals surface area contributed by atoms with Gasteiger partial charge in [0.25, 0.3) is 0 Å². The average molecular weight is 276 g/mol. The monoisotopic (exact) mass is 275 g/mol. The molecule has 0 aliphatic rings. The van der Waals surface area contributed by atoms with E-state index in [-0.39, 0.29) is 28.1 Å². The standard InChI is InChI=1S/C10H14ClN3O2S/c1-7(4-11)6-17(15,16)10-9(5-12)8(2)13-14(10)3/h7H,4,6H2,1-3H3. The van der Waals surface area contributed by atoms with Gasteiger partial charge in [0, 0.05) is 12.9 Å². The maximum Gasteiger partial charge on any atom is 0.196 e. The van der Waals surface area contributed by atoms with Crippen LogP contribution >= 0.6 is 11.6 Å². The first-order valence-corrected chi connectivity index (χ1v) is 7.24. The Kier molecular flexibility index (Phi) is 4.17. The Labute approximate surface area is 106 Å². The molecule has 7 heteroatoms. The highest BCUT2D eigenvalue weighted by molar-refractivity contribution is 7.91. The predicted octanol–water partition coefficient (Wildman–Crippen LogP) is 1.25. The molecule has 0 aliphatic heterocycles. The molecule has 1 atom stereocenters. The van der Waals surface area contributed by atoms with E-state index in [1.54, 1.807) is 13.8 Å². The van der Waals surface area contributed by atoms with Crippen LogP contribution < -0.4 is 0 Å². The first-order chi connectivity index (χ1) is 7.83. The van der Waals surface area contributed by atoms with Crippen LogP contribution in [0.1, 0.15) is 18.2 Å². The normalized spacial score (nSPS) is 13.4. The van der Waals surface area contributed by atoms with Gasteiger partial charge < -0.3 is 0 Å². The zero-order chi connectivity index (χ0) is 13.2. The van der Waals surface area contributed by atoms with Crippen molar-refractivity contribution in [3.63, 3.8) is 0 Å². The second-order valence-corrected chi connectivity index (χ2v) is 6.30. The largest absolute Gasteiger partial charge is 0.256 e. The number of nitrogens with zero attached hydrogens (tertiary/aromatic N) is 3. The fraction of sp³-hybridized carbons (Fsp3) is 0.600. The average Bonchev–Trinajstić information content (AvgIpc) is 2.52. The lowest BCUT2D eigenvalue weighted by Crippen LogP contribution is -2.18. The van der Waals surface area contributed by atoms with Crippen molar-refractivity contribution in [2.45, 2.75) is 18.9 Å². The summed E-state index contributed by atoms with van der Waals surface area (Å²) in [5.41, 5.74) is 0.543. The van der Waals surface area contributed by atoms with Crippen molar-refractivity contribution in [3.8, 4) is 6.07 Å². The Morgan fingerprint density at radius 1 is 1.59 bits per heavy atom. The van der Waals surface area contributed by atoms with Crippen LogP contribution in [0.5, 0.6) is 0 Å². The predicted molar refractivity (Wildman–Crippen MR) is 64.6 cm³/mol. The fourth-order valence-corrected chi connectivity index (χ4v) is 3.83. The van der Waals surface area contributed by atoms with Gasteiger partial charge >= 0.3 is 0 Å². The molecule has 5 nitrogen and oxygen atoms in total. The molecule has 0 radical (unpaired) electrons. The Morgan fingerprint density at radius 2 is 2.18 bits per heavy atom. The molecule has 1 heterocycles. The van der Waals surface area contributed by atoms with Crippen LogP contribution in [0.3, 0.4) is 0 Å². The van der Waals surface area contributed by atoms with Gasteiger partial charge in [0.1, 0.15) is 11.6 Å². The van der Waals surface area contributed by atoms with Gasteiger partial charge in [-0.3, -0.25) is 4.68 Å². The smallest absolute Gasteiger partial charge is 0.196 e. The van der Waals surface area contributed by atoms with Crippen molar-refractivity contribution < 1.29 is 8.42 Å². The number of hydrogen-bond donors (Lipinski definition) is 0. The van der Waals surface area contributed by atoms with E-state index < -0.39 is 9.84 Å². The van der Waals surface area contributed by atoms with Gasteiger partial charge in [-0.15, -0.1) is 11.6 Å². The van der Waals surface area contributed by atoms with Crippen molar-refractivity contribution in [1.82, 2.24) is 9.78 Å². The Morgan fingerprint density at radius 3 is 2.65 bits per heavy atom. The minimum absolute atomic E-state index is 0.0190. The van der Waals surface area contributed by atoms with E-state index in [2.05, 4.69) is 5.10 Å². The second-order valence-electron chi connectivity index (χ2n) is 4.04. The molecule has 1 aromatic rings. The lowest BCUT2D eigenvalue weighted by Gasteiger charge is -2.09. The quantitative estimate of drug-likeness (QED) is 0.775. The first kappa shape index (κ1) is 14.0. The molecule has 0 bridgehead atoms. The van der Waals surface area contributed by atoms with E-state index in [0.29, 0.717) is 5.69 Å². The summed E-state index contributed by atoms with van der Waals surface area (Å²) in [7, 11) is -2.01. The molecule has 1 aromatic heterocycles. The molecule has 0 amide bonds. The molecule has 17 heavy (non-hydrogen) atoms. The van der Waals surface area contributed by atoms with Crippen LogP contribution in [0, 0.1) is 24.2 Å². The minimum Gasteiger partial charge on any atom is -0.256 e. The summed E-state index contributed by atoms with van der Waals surface area (Å²) in [4.78, 5) is 0. The van der Waals surface area contributed by atoms with E-state index in [4.69, 9.17) is 16.9 Å². The Bertz CT molecular complexity index is 557. The van der Waals surface area contributed by atoms with Crippen molar-refractivity contribution >= 4 is 21.4 Å². The number of aromatic nitrogens is 2. The molecule has 0 spiro atoms. The number of rotatable bonds is 4. The summed E-state index contributed by atoms with van der Waals surface area (Å²) in [6.45, 7) is 3.36. The van der Waals surface area contributed by atoms with Crippen LogP contribution in [0.15, 0.2) is 5.03 Å². The van der Waals surface area contributed by atoms with Crippen molar-refractivity contribution in [2.75, 3.05) is 11.6 Å². The lowest BCUT2D eigenvalue weighted by atomic mass is 10.3. The fourth-order valence-electron chi connectivity index (χ4n) is 1.62. The number of hydrogen-bond acceptors (Lipinski definition) is 4. The minimum atomic E-state index is -3.53. The molecule has 0 saturated carbocycles. The zero-order valence-corrected chi connectivity index (χ0v) is 11.5. The van der Waals surface area contributed by atoms with Crippen LogP contribution in [0.2, 0.25) is 0 Å². The van der Waals surface area contributed by atoms with Crippen LogP contribution in [0.25, 0.3) is 0 Å². The summed E-state index contributed by atoms with van der Waals surface area (Å²) in [5.74, 6) is 0.0191. The van der Waals surface area contributed by atoms with E-state index in [0.717, 1.165) is 0 Å². The molecule has 1 unspecified atom stereocenters. The van der Waals surface area contributed by atoms with Gasteiger partial charge in [-0.2, -0.15) is 10.4 Å². The van der Waals surface area contributed by atoms with Crippen LogP contribution in [-0.4, -0.2) is 29.8 Å². The summed E-state index contributed by atoms with van der Waals surface area (Å²) in [6.07, 6.45) is 0. The maximum absolute atomic E-state index is 12.1. The number of halogens is 1. The summed E-state index contributed by atoms with van der Waals surface area (Å²) >= 11 is 5.61. The molecule has 94 valence electrons. The third kappa shape index (κ3) is 2.79. The molecular weight excluding hydrogens is 262 g/mol. The molecular formula is C10H14ClN3O2S. The third-order valence-corrected chi connectivity index (χ3v) is 4.94. The highest BCUT2D eigenvalue weighted by Crippen LogP contribution is 2.21. The molecule has 0 saturated heterocycles. The van der Waals surface area contributed by atoms with Gasteiger partial charge in [-0.1, -0.05) is 6.92 Å². The lowest BCUT2D eigenvalue weighted by molar-refractivity contribution is 0.565. The second kappa shape index (κ2) is 5.07. The summed E-state index contributed by atoms with van der Waals surface area (Å²) in [6, 6.07) is 1.89. The zero-order valence-electron chi connectivity index (χ0n) is 9.94. The van der Waals surface area contributed by atoms with E-state index in [1.165, 1.54) is 11.7 Å². The number of nitriles is 1. The van der Waals surface area contributed by atoms with Crippen molar-refractivity contribution in [1.29, 1.82) is 5.26 Å². The Balaban J connectivity index is 3.30. The molecule has 1 rings (SSSR count). The summed E-state index contributed by atoms with van der Waals surface area (Å²) in [5, 5.41) is 12.9. The van der Waals surface area contributed by atoms with Gasteiger partial charge in [-0.25, -0.2) is 8.42 Å². The maximum atomic E-state index is 12.1. The molecule has 0 aromatic carbocycles. The van der Waals surface area contributed by atoms with Gasteiger partial charge in [-0.05, 0) is 12.8 Å². The number of alkyl halides is 1. The van der Waals surface area contributed by atoms with E-state index >= 15 is 0 Å². The van der Waals surface area contributed by atoms with Crippen molar-refractivity contribution in [3.05, 3.63) is 11.3 Å². The topological polar surface area (TPSA) is 75.8 Å². The molecule has 0 fully saturated rings. The van der Waals surface area contributed by atoms with E-state index in [1.807, 2.05) is 6.07 Å². The molecule has 0 aliphatic carbocycles. The van der Waals surface area contributed by atoms with Gasteiger partial charge in [0.2, 0.25) is 0 Å².